The van der Waals surface area contributed by atoms with Gasteiger partial charge in [-0.1, -0.05) is 0 Å². The average Bonchev–Trinajstić information content (AvgIpc) is 1.78. The van der Waals surface area contributed by atoms with Crippen molar-refractivity contribution >= 4 is 0 Å². The molecule has 0 rings (SSSR count). The largest absolute Gasteiger partial charge is 2.00 e. The molecule has 2 N–H and O–H groups in total. The second kappa shape index (κ2) is 279. The summed E-state index contributed by atoms with van der Waals surface area (Å²) in [4.78, 5) is 0. The Labute approximate surface area is 73.5 Å². The summed E-state index contributed by atoms with van der Waals surface area (Å²) >= 11 is 0. The molecule has 2 nitrogen and oxygen atoms in total. The molecule has 56 valence electrons. The van der Waals surface area contributed by atoms with E-state index >= 15 is 0 Å². The number of allylic oxidation sites excluding steroid dienone is 1. The SMILES string of the molecule is C=C[CH2-].CO.CO.[CH3-].[Ti+2]. The van der Waals surface area contributed by atoms with Gasteiger partial charge in [-0.15, -0.1) is 0 Å². The van der Waals surface area contributed by atoms with E-state index in [-0.39, 0.29) is 29.1 Å². The first-order valence-corrected chi connectivity index (χ1v) is 1.71. The van der Waals surface area contributed by atoms with Crippen molar-refractivity contribution in [1.82, 2.24) is 0 Å². The molecule has 0 fully saturated rings. The molecular weight excluding hydrogens is 152 g/mol. The summed E-state index contributed by atoms with van der Waals surface area (Å²) in [7, 11) is 2.00. The molecule has 0 unspecified atom stereocenters. The molecule has 0 heterocycles. The molecule has 0 radical (unpaired) electrons. The van der Waals surface area contributed by atoms with Gasteiger partial charge in [-0.05, 0) is 0 Å². The van der Waals surface area contributed by atoms with E-state index in [0.29, 0.717) is 0 Å². The van der Waals surface area contributed by atoms with E-state index in [4.69, 9.17) is 10.2 Å². The Hall–Kier alpha value is 0.244. The van der Waals surface area contributed by atoms with Gasteiger partial charge < -0.3 is 17.6 Å². The Kier molecular flexibility index (Phi) is 1080. The fraction of sp³-hybridized carbons (Fsp3) is 0.333. The summed E-state index contributed by atoms with van der Waals surface area (Å²) < 4.78 is 0. The van der Waals surface area contributed by atoms with Gasteiger partial charge in [0, 0.05) is 14.2 Å². The van der Waals surface area contributed by atoms with Crippen LogP contribution in [0.15, 0.2) is 12.7 Å². The van der Waals surface area contributed by atoms with E-state index in [9.17, 15) is 0 Å². The first-order valence-electron chi connectivity index (χ1n) is 1.71. The molecule has 0 spiro atoms. The summed E-state index contributed by atoms with van der Waals surface area (Å²) in [6.07, 6.45) is 1.50. The van der Waals surface area contributed by atoms with Gasteiger partial charge in [0.1, 0.15) is 0 Å². The van der Waals surface area contributed by atoms with Crippen LogP contribution in [0.1, 0.15) is 0 Å². The normalized spacial score (nSPS) is 2.67. The van der Waals surface area contributed by atoms with Crippen LogP contribution in [0.4, 0.5) is 0 Å². The monoisotopic (exact) mass is 168 g/mol. The first-order chi connectivity index (χ1) is 3.41. The molecule has 0 bridgehead atoms. The maximum atomic E-state index is 7.00. The van der Waals surface area contributed by atoms with Crippen LogP contribution in [0, 0.1) is 14.4 Å². The van der Waals surface area contributed by atoms with Gasteiger partial charge in [0.2, 0.25) is 0 Å². The van der Waals surface area contributed by atoms with Gasteiger partial charge in [0.05, 0.1) is 0 Å². The van der Waals surface area contributed by atoms with Crippen LogP contribution in [0.2, 0.25) is 0 Å². The summed E-state index contributed by atoms with van der Waals surface area (Å²) in [5, 5.41) is 14.0. The second-order valence-corrected chi connectivity index (χ2v) is 0.289. The second-order valence-electron chi connectivity index (χ2n) is 0.289. The maximum absolute atomic E-state index is 7.00. The van der Waals surface area contributed by atoms with Crippen LogP contribution in [-0.4, -0.2) is 24.4 Å². The van der Waals surface area contributed by atoms with Crippen molar-refractivity contribution in [2.24, 2.45) is 0 Å². The van der Waals surface area contributed by atoms with E-state index in [0.717, 1.165) is 14.2 Å². The summed E-state index contributed by atoms with van der Waals surface area (Å²) in [5.41, 5.74) is 0. The van der Waals surface area contributed by atoms with Gasteiger partial charge in [-0.3, -0.25) is 0 Å². The molecule has 0 aliphatic heterocycles. The van der Waals surface area contributed by atoms with Crippen molar-refractivity contribution in [2.75, 3.05) is 14.2 Å². The Morgan fingerprint density at radius 1 is 1.22 bits per heavy atom. The Morgan fingerprint density at radius 3 is 1.22 bits per heavy atom. The molecule has 0 saturated carbocycles. The van der Waals surface area contributed by atoms with Gasteiger partial charge in [0.15, 0.2) is 0 Å². The molecule has 0 amide bonds. The van der Waals surface area contributed by atoms with E-state index < -0.39 is 0 Å². The number of rotatable bonds is 0. The zero-order valence-electron chi connectivity index (χ0n) is 6.39. The van der Waals surface area contributed by atoms with Gasteiger partial charge in [0.25, 0.3) is 0 Å². The summed E-state index contributed by atoms with van der Waals surface area (Å²) in [6.45, 7) is 6.50. The first kappa shape index (κ1) is 34.9. The van der Waals surface area contributed by atoms with Crippen LogP contribution in [0.3, 0.4) is 0 Å². The zero-order chi connectivity index (χ0) is 6.71. The zero-order valence-corrected chi connectivity index (χ0v) is 7.95. The third-order valence-corrected chi connectivity index (χ3v) is 0. The Bertz CT molecular complexity index is 18.5. The third-order valence-electron chi connectivity index (χ3n) is 0. The molecule has 0 aromatic heterocycles. The summed E-state index contributed by atoms with van der Waals surface area (Å²) in [5.74, 6) is 0. The van der Waals surface area contributed by atoms with Crippen molar-refractivity contribution in [3.05, 3.63) is 27.0 Å². The number of aliphatic hydroxyl groups is 2. The predicted molar refractivity (Wildman–Crippen MR) is 38.3 cm³/mol. The smallest absolute Gasteiger partial charge is 0.400 e. The van der Waals surface area contributed by atoms with E-state index in [1.165, 1.54) is 6.08 Å². The molecule has 0 aliphatic carbocycles. The minimum absolute atomic E-state index is 0. The van der Waals surface area contributed by atoms with Crippen molar-refractivity contribution < 1.29 is 31.9 Å². The predicted octanol–water partition coefficient (Wildman–Crippen LogP) is 0.671. The van der Waals surface area contributed by atoms with Crippen molar-refractivity contribution in [2.45, 2.75) is 0 Å². The Balaban J connectivity index is -0.00000000825. The Morgan fingerprint density at radius 2 is 1.22 bits per heavy atom. The van der Waals surface area contributed by atoms with Crippen LogP contribution in [-0.2, 0) is 21.7 Å². The molecule has 9 heavy (non-hydrogen) atoms. The van der Waals surface area contributed by atoms with Crippen LogP contribution in [0.25, 0.3) is 0 Å². The number of hydrogen-bond donors (Lipinski definition) is 2. The number of aliphatic hydroxyl groups excluding tert-OH is 2. The molecule has 0 atom stereocenters. The van der Waals surface area contributed by atoms with Crippen molar-refractivity contribution in [3.63, 3.8) is 0 Å². The summed E-state index contributed by atoms with van der Waals surface area (Å²) in [6, 6.07) is 0. The van der Waals surface area contributed by atoms with E-state index in [2.05, 4.69) is 13.5 Å². The molecule has 0 aliphatic rings. The maximum Gasteiger partial charge on any atom is 2.00 e. The minimum atomic E-state index is 0. The van der Waals surface area contributed by atoms with E-state index in [1.807, 2.05) is 0 Å². The third kappa shape index (κ3) is 5390. The van der Waals surface area contributed by atoms with Crippen LogP contribution in [0.5, 0.6) is 0 Å². The van der Waals surface area contributed by atoms with Crippen LogP contribution < -0.4 is 0 Å². The topological polar surface area (TPSA) is 40.5 Å². The molecule has 0 aromatic carbocycles. The molecular formula is C6H16O2Ti. The van der Waals surface area contributed by atoms with E-state index in [1.54, 1.807) is 0 Å². The fourth-order valence-corrected chi connectivity index (χ4v) is 0. The number of hydrogen-bond acceptors (Lipinski definition) is 2. The molecule has 3 heteroatoms. The molecule has 0 saturated heterocycles. The minimum Gasteiger partial charge on any atom is -0.400 e. The van der Waals surface area contributed by atoms with Crippen molar-refractivity contribution in [1.29, 1.82) is 0 Å². The average molecular weight is 168 g/mol. The molecule has 0 aromatic rings. The van der Waals surface area contributed by atoms with Crippen molar-refractivity contribution in [3.8, 4) is 0 Å². The quantitative estimate of drug-likeness (QED) is 0.412. The standard InChI is InChI=1S/C3H5.2CH4O.CH3.Ti/c1-3-2;2*1-2;;/h3H,1-2H2;2*2H,1H3;1H3;/q-1;;;-1;+2. The van der Waals surface area contributed by atoms with Crippen LogP contribution >= 0.6 is 0 Å². The van der Waals surface area contributed by atoms with Gasteiger partial charge >= 0.3 is 21.7 Å². The van der Waals surface area contributed by atoms with Gasteiger partial charge in [-0.25, -0.2) is 19.6 Å². The van der Waals surface area contributed by atoms with Gasteiger partial charge in [-0.2, -0.15) is 0 Å². The fourth-order valence-electron chi connectivity index (χ4n) is 0.